The van der Waals surface area contributed by atoms with Crippen LogP contribution in [0.4, 0.5) is 0 Å². The first-order chi connectivity index (χ1) is 7.97. The Morgan fingerprint density at radius 2 is 1.94 bits per heavy atom. The summed E-state index contributed by atoms with van der Waals surface area (Å²) in [6.45, 7) is 3.17. The molecule has 0 amide bonds. The number of benzene rings is 1. The molecule has 2 rings (SSSR count). The fourth-order valence-corrected chi connectivity index (χ4v) is 2.38. The Balaban J connectivity index is 2.08. The van der Waals surface area contributed by atoms with Crippen LogP contribution in [0.2, 0.25) is 5.02 Å². The molecule has 17 heavy (non-hydrogen) atoms. The molecule has 1 heterocycles. The van der Waals surface area contributed by atoms with E-state index in [1.807, 2.05) is 24.3 Å². The fraction of sp³-hybridized carbons (Fsp3) is 0.429. The Labute approximate surface area is 108 Å². The number of rotatable bonds is 2. The van der Waals surface area contributed by atoms with Crippen LogP contribution in [0.25, 0.3) is 6.08 Å². The minimum absolute atomic E-state index is 0.140. The molecule has 0 bridgehead atoms. The molecule has 1 aromatic rings. The van der Waals surface area contributed by atoms with Gasteiger partial charge in [0.05, 0.1) is 14.1 Å². The summed E-state index contributed by atoms with van der Waals surface area (Å²) in [5.74, 6) is 0. The first kappa shape index (κ1) is 12.6. The maximum atomic E-state index is 5.88. The third kappa shape index (κ3) is 3.09. The van der Waals surface area contributed by atoms with E-state index in [9.17, 15) is 0 Å². The minimum atomic E-state index is 0.140. The van der Waals surface area contributed by atoms with E-state index >= 15 is 0 Å². The molecule has 1 aliphatic heterocycles. The lowest BCUT2D eigenvalue weighted by Crippen LogP contribution is -2.43. The molecular weight excluding hydrogens is 234 g/mol. The Kier molecular flexibility index (Phi) is 3.57. The lowest BCUT2D eigenvalue weighted by Gasteiger charge is -2.27. The van der Waals surface area contributed by atoms with E-state index in [2.05, 4.69) is 33.2 Å². The van der Waals surface area contributed by atoms with E-state index < -0.39 is 0 Å². The van der Waals surface area contributed by atoms with Gasteiger partial charge in [0.25, 0.3) is 0 Å². The van der Waals surface area contributed by atoms with E-state index in [1.165, 1.54) is 0 Å². The summed E-state index contributed by atoms with van der Waals surface area (Å²) >= 11 is 5.85. The SMILES string of the molecule is CC1C[N+](C)(C)[C@H](C=Cc2ccc(Cl)cc2)O1. The Morgan fingerprint density at radius 3 is 2.47 bits per heavy atom. The van der Waals surface area contributed by atoms with Crippen molar-refractivity contribution in [3.63, 3.8) is 0 Å². The first-order valence-corrected chi connectivity index (χ1v) is 6.27. The number of nitrogens with zero attached hydrogens (tertiary/aromatic N) is 1. The normalized spacial score (nSPS) is 27.8. The molecule has 2 nitrogen and oxygen atoms in total. The van der Waals surface area contributed by atoms with Crippen LogP contribution in [0.15, 0.2) is 30.3 Å². The molecule has 92 valence electrons. The first-order valence-electron chi connectivity index (χ1n) is 5.89. The number of likely N-dealkylation sites (N-methyl/N-ethyl adjacent to an activating group) is 1. The number of hydrogen-bond acceptors (Lipinski definition) is 1. The standard InChI is InChI=1S/C14H19ClNO/c1-11-10-16(2,3)14(17-11)9-6-12-4-7-13(15)8-5-12/h4-9,11,14H,10H2,1-3H3/q+1/t11?,14-/m0/s1. The third-order valence-electron chi connectivity index (χ3n) is 3.11. The molecule has 1 aliphatic rings. The lowest BCUT2D eigenvalue weighted by atomic mass is 10.2. The molecule has 1 fully saturated rings. The molecular formula is C14H19ClNO+. The zero-order valence-electron chi connectivity index (χ0n) is 10.6. The van der Waals surface area contributed by atoms with E-state index in [0.717, 1.165) is 21.6 Å². The van der Waals surface area contributed by atoms with Gasteiger partial charge in [-0.3, -0.25) is 4.48 Å². The third-order valence-corrected chi connectivity index (χ3v) is 3.36. The van der Waals surface area contributed by atoms with Crippen molar-refractivity contribution in [1.82, 2.24) is 0 Å². The summed E-state index contributed by atoms with van der Waals surface area (Å²) < 4.78 is 6.76. The van der Waals surface area contributed by atoms with E-state index in [0.29, 0.717) is 6.10 Å². The quantitative estimate of drug-likeness (QED) is 0.735. The summed E-state index contributed by atoms with van der Waals surface area (Å²) in [6, 6.07) is 7.83. The van der Waals surface area contributed by atoms with Crippen LogP contribution in [-0.2, 0) is 4.74 Å². The van der Waals surface area contributed by atoms with Crippen LogP contribution >= 0.6 is 11.6 Å². The number of halogens is 1. The summed E-state index contributed by atoms with van der Waals surface area (Å²) in [6.07, 6.45) is 4.69. The van der Waals surface area contributed by atoms with Gasteiger partial charge in [-0.15, -0.1) is 0 Å². The highest BCUT2D eigenvalue weighted by Crippen LogP contribution is 2.22. The summed E-state index contributed by atoms with van der Waals surface area (Å²) in [5.41, 5.74) is 1.15. The highest BCUT2D eigenvalue weighted by molar-refractivity contribution is 6.30. The molecule has 0 N–H and O–H groups in total. The second-order valence-corrected chi connectivity index (χ2v) is 5.65. The van der Waals surface area contributed by atoms with Crippen LogP contribution in [0.3, 0.4) is 0 Å². The predicted octanol–water partition coefficient (Wildman–Crippen LogP) is 3.17. The second-order valence-electron chi connectivity index (χ2n) is 5.21. The summed E-state index contributed by atoms with van der Waals surface area (Å²) in [5, 5.41) is 0.768. The monoisotopic (exact) mass is 252 g/mol. The molecule has 1 aromatic carbocycles. The summed E-state index contributed by atoms with van der Waals surface area (Å²) in [7, 11) is 4.39. The van der Waals surface area contributed by atoms with Gasteiger partial charge in [-0.1, -0.05) is 29.8 Å². The van der Waals surface area contributed by atoms with Crippen molar-refractivity contribution >= 4 is 17.7 Å². The highest BCUT2D eigenvalue weighted by Gasteiger charge is 2.37. The predicted molar refractivity (Wildman–Crippen MR) is 71.8 cm³/mol. The largest absolute Gasteiger partial charge is 0.317 e. The topological polar surface area (TPSA) is 9.23 Å². The lowest BCUT2D eigenvalue weighted by molar-refractivity contribution is -0.907. The molecule has 1 unspecified atom stereocenters. The molecule has 3 heteroatoms. The van der Waals surface area contributed by atoms with Gasteiger partial charge in [0.1, 0.15) is 12.6 Å². The van der Waals surface area contributed by atoms with E-state index in [-0.39, 0.29) is 6.23 Å². The van der Waals surface area contributed by atoms with Crippen molar-refractivity contribution in [2.45, 2.75) is 19.3 Å². The average molecular weight is 253 g/mol. The Bertz CT molecular complexity index is 411. The van der Waals surface area contributed by atoms with Crippen LogP contribution in [0, 0.1) is 0 Å². The maximum Gasteiger partial charge on any atom is 0.213 e. The number of ether oxygens (including phenoxy) is 1. The van der Waals surface area contributed by atoms with Crippen LogP contribution in [-0.4, -0.2) is 37.5 Å². The van der Waals surface area contributed by atoms with Crippen molar-refractivity contribution in [2.24, 2.45) is 0 Å². The zero-order chi connectivity index (χ0) is 12.5. The fourth-order valence-electron chi connectivity index (χ4n) is 2.26. The molecule has 0 aliphatic carbocycles. The molecule has 0 aromatic heterocycles. The minimum Gasteiger partial charge on any atom is -0.317 e. The van der Waals surface area contributed by atoms with Gasteiger partial charge < -0.3 is 4.74 Å². The number of quaternary nitrogens is 1. The Hall–Kier alpha value is -0.830. The van der Waals surface area contributed by atoms with Gasteiger partial charge in [-0.05, 0) is 24.6 Å². The van der Waals surface area contributed by atoms with Gasteiger partial charge in [0, 0.05) is 11.1 Å². The van der Waals surface area contributed by atoms with E-state index in [1.54, 1.807) is 0 Å². The smallest absolute Gasteiger partial charge is 0.213 e. The van der Waals surface area contributed by atoms with Crippen molar-refractivity contribution in [1.29, 1.82) is 0 Å². The highest BCUT2D eigenvalue weighted by atomic mass is 35.5. The van der Waals surface area contributed by atoms with Gasteiger partial charge in [0.15, 0.2) is 0 Å². The van der Waals surface area contributed by atoms with Crippen LogP contribution < -0.4 is 0 Å². The van der Waals surface area contributed by atoms with Crippen molar-refractivity contribution in [3.8, 4) is 0 Å². The molecule has 1 saturated heterocycles. The average Bonchev–Trinajstić information content (AvgIpc) is 2.51. The van der Waals surface area contributed by atoms with Crippen LogP contribution in [0.5, 0.6) is 0 Å². The molecule has 2 atom stereocenters. The van der Waals surface area contributed by atoms with Gasteiger partial charge in [-0.25, -0.2) is 0 Å². The summed E-state index contributed by atoms with van der Waals surface area (Å²) in [4.78, 5) is 0. The van der Waals surface area contributed by atoms with Crippen molar-refractivity contribution in [3.05, 3.63) is 40.9 Å². The maximum absolute atomic E-state index is 5.88. The van der Waals surface area contributed by atoms with Crippen molar-refractivity contribution < 1.29 is 9.22 Å². The molecule has 0 spiro atoms. The second kappa shape index (κ2) is 4.81. The van der Waals surface area contributed by atoms with E-state index in [4.69, 9.17) is 16.3 Å². The Morgan fingerprint density at radius 1 is 1.29 bits per heavy atom. The number of hydrogen-bond donors (Lipinski definition) is 0. The van der Waals surface area contributed by atoms with Gasteiger partial charge in [0.2, 0.25) is 6.23 Å². The zero-order valence-corrected chi connectivity index (χ0v) is 11.3. The van der Waals surface area contributed by atoms with Gasteiger partial charge >= 0.3 is 0 Å². The molecule has 0 radical (unpaired) electrons. The molecule has 0 saturated carbocycles. The van der Waals surface area contributed by atoms with Gasteiger partial charge in [-0.2, -0.15) is 0 Å². The van der Waals surface area contributed by atoms with Crippen LogP contribution in [0.1, 0.15) is 12.5 Å². The van der Waals surface area contributed by atoms with Crippen molar-refractivity contribution in [2.75, 3.05) is 20.6 Å².